The molecule has 0 rings (SSSR count). The lowest BCUT2D eigenvalue weighted by molar-refractivity contribution is -0.146. The molecule has 0 aliphatic rings. The Hall–Kier alpha value is -1.63. The second kappa shape index (κ2) is 7.84. The van der Waals surface area contributed by atoms with Crippen LogP contribution in [0.15, 0.2) is 0 Å². The Kier molecular flexibility index (Phi) is 7.20. The normalized spacial score (nSPS) is 12.7. The molecule has 0 saturated carbocycles. The molecular weight excluding hydrogens is 264 g/mol. The van der Waals surface area contributed by atoms with Gasteiger partial charge in [-0.1, -0.05) is 20.8 Å². The van der Waals surface area contributed by atoms with Gasteiger partial charge < -0.3 is 20.1 Å². The summed E-state index contributed by atoms with van der Waals surface area (Å²) in [6.07, 6.45) is 0. The predicted octanol–water partition coefficient (Wildman–Crippen LogP) is 0.0968. The van der Waals surface area contributed by atoms with Crippen LogP contribution in [0.25, 0.3) is 0 Å². The minimum atomic E-state index is -1.11. The lowest BCUT2D eigenvalue weighted by Gasteiger charge is -2.26. The molecule has 0 radical (unpaired) electrons. The first-order valence-corrected chi connectivity index (χ1v) is 6.40. The van der Waals surface area contributed by atoms with Crippen LogP contribution < -0.4 is 5.32 Å². The van der Waals surface area contributed by atoms with Crippen LogP contribution in [0.1, 0.15) is 27.7 Å². The van der Waals surface area contributed by atoms with Crippen LogP contribution in [0.3, 0.4) is 0 Å². The zero-order valence-corrected chi connectivity index (χ0v) is 12.7. The fourth-order valence-corrected chi connectivity index (χ4v) is 1.38. The van der Waals surface area contributed by atoms with E-state index in [1.807, 2.05) is 0 Å². The number of nitrogens with one attached hydrogen (secondary N) is 1. The standard InChI is InChI=1S/C13H24N2O5/c1-9(14-12(19)13(2,3)4)11(18)15(6-7-20-5)8-10(16)17/h9H,6-8H2,1-5H3,(H,14,19)(H,16,17). The van der Waals surface area contributed by atoms with Crippen molar-refractivity contribution < 1.29 is 24.2 Å². The Labute approximate surface area is 119 Å². The van der Waals surface area contributed by atoms with Crippen LogP contribution in [0.2, 0.25) is 0 Å². The highest BCUT2D eigenvalue weighted by molar-refractivity contribution is 5.90. The number of aliphatic carboxylic acids is 1. The van der Waals surface area contributed by atoms with E-state index in [1.165, 1.54) is 14.0 Å². The second-order valence-corrected chi connectivity index (χ2v) is 5.59. The summed E-state index contributed by atoms with van der Waals surface area (Å²) in [5.41, 5.74) is -0.612. The number of carboxylic acid groups (broad SMARTS) is 1. The van der Waals surface area contributed by atoms with Crippen molar-refractivity contribution in [2.45, 2.75) is 33.7 Å². The number of ether oxygens (including phenoxy) is 1. The van der Waals surface area contributed by atoms with Crippen molar-refractivity contribution in [1.82, 2.24) is 10.2 Å². The van der Waals surface area contributed by atoms with E-state index in [0.717, 1.165) is 4.90 Å². The molecule has 1 atom stereocenters. The number of carboxylic acids is 1. The third kappa shape index (κ3) is 6.51. The summed E-state index contributed by atoms with van der Waals surface area (Å²) in [6, 6.07) is -0.780. The van der Waals surface area contributed by atoms with Gasteiger partial charge in [0.2, 0.25) is 11.8 Å². The van der Waals surface area contributed by atoms with Crippen molar-refractivity contribution in [2.75, 3.05) is 26.8 Å². The quantitative estimate of drug-likeness (QED) is 0.692. The third-order valence-corrected chi connectivity index (χ3v) is 2.60. The maximum Gasteiger partial charge on any atom is 0.323 e. The number of carbonyl (C=O) groups is 3. The smallest absolute Gasteiger partial charge is 0.323 e. The van der Waals surface area contributed by atoms with Crippen molar-refractivity contribution in [3.63, 3.8) is 0 Å². The summed E-state index contributed by atoms with van der Waals surface area (Å²) in [7, 11) is 1.47. The highest BCUT2D eigenvalue weighted by Crippen LogP contribution is 2.13. The largest absolute Gasteiger partial charge is 0.480 e. The number of rotatable bonds is 7. The molecule has 0 aromatic heterocycles. The summed E-state index contributed by atoms with van der Waals surface area (Å²) >= 11 is 0. The Morgan fingerprint density at radius 1 is 1.30 bits per heavy atom. The third-order valence-electron chi connectivity index (χ3n) is 2.60. The van der Waals surface area contributed by atoms with E-state index in [1.54, 1.807) is 20.8 Å². The minimum Gasteiger partial charge on any atom is -0.480 e. The van der Waals surface area contributed by atoms with Gasteiger partial charge in [0.05, 0.1) is 6.61 Å². The molecule has 0 heterocycles. The van der Waals surface area contributed by atoms with Crippen LogP contribution in [0, 0.1) is 5.41 Å². The van der Waals surface area contributed by atoms with Crippen molar-refractivity contribution in [3.8, 4) is 0 Å². The van der Waals surface area contributed by atoms with Crippen molar-refractivity contribution in [2.24, 2.45) is 5.41 Å². The van der Waals surface area contributed by atoms with E-state index in [2.05, 4.69) is 5.32 Å². The van der Waals surface area contributed by atoms with Crippen LogP contribution in [0.4, 0.5) is 0 Å². The number of hydrogen-bond donors (Lipinski definition) is 2. The van der Waals surface area contributed by atoms with Gasteiger partial charge in [0.15, 0.2) is 0 Å². The number of nitrogens with zero attached hydrogens (tertiary/aromatic N) is 1. The average molecular weight is 288 g/mol. The number of methoxy groups -OCH3 is 1. The first-order chi connectivity index (χ1) is 9.09. The first kappa shape index (κ1) is 18.4. The SMILES string of the molecule is COCCN(CC(=O)O)C(=O)C(C)NC(=O)C(C)(C)C. The first-order valence-electron chi connectivity index (χ1n) is 6.40. The molecule has 0 saturated heterocycles. The lowest BCUT2D eigenvalue weighted by Crippen LogP contribution is -2.51. The number of hydrogen-bond acceptors (Lipinski definition) is 4. The molecule has 116 valence electrons. The molecule has 20 heavy (non-hydrogen) atoms. The van der Waals surface area contributed by atoms with E-state index in [-0.39, 0.29) is 19.1 Å². The Balaban J connectivity index is 4.70. The van der Waals surface area contributed by atoms with Crippen LogP contribution in [-0.2, 0) is 19.1 Å². The molecule has 0 spiro atoms. The van der Waals surface area contributed by atoms with Gasteiger partial charge >= 0.3 is 5.97 Å². The predicted molar refractivity (Wildman–Crippen MR) is 73.2 cm³/mol. The van der Waals surface area contributed by atoms with Gasteiger partial charge in [-0.2, -0.15) is 0 Å². The number of carbonyl (C=O) groups excluding carboxylic acids is 2. The molecule has 0 bridgehead atoms. The van der Waals surface area contributed by atoms with Crippen LogP contribution in [-0.4, -0.2) is 60.6 Å². The zero-order valence-electron chi connectivity index (χ0n) is 12.7. The van der Waals surface area contributed by atoms with Crippen molar-refractivity contribution >= 4 is 17.8 Å². The Morgan fingerprint density at radius 2 is 1.85 bits per heavy atom. The topological polar surface area (TPSA) is 95.9 Å². The summed E-state index contributed by atoms with van der Waals surface area (Å²) in [5.74, 6) is -1.81. The molecule has 0 aromatic carbocycles. The molecule has 2 amide bonds. The highest BCUT2D eigenvalue weighted by atomic mass is 16.5. The second-order valence-electron chi connectivity index (χ2n) is 5.59. The molecule has 7 heteroatoms. The van der Waals surface area contributed by atoms with Gasteiger partial charge in [-0.15, -0.1) is 0 Å². The van der Waals surface area contributed by atoms with Gasteiger partial charge in [0, 0.05) is 19.1 Å². The molecular formula is C13H24N2O5. The van der Waals surface area contributed by atoms with E-state index < -0.39 is 29.9 Å². The monoisotopic (exact) mass is 288 g/mol. The molecule has 7 nitrogen and oxygen atoms in total. The molecule has 1 unspecified atom stereocenters. The molecule has 0 aromatic rings. The van der Waals surface area contributed by atoms with E-state index in [9.17, 15) is 14.4 Å². The van der Waals surface area contributed by atoms with Gasteiger partial charge in [0.25, 0.3) is 0 Å². The highest BCUT2D eigenvalue weighted by Gasteiger charge is 2.28. The van der Waals surface area contributed by atoms with Gasteiger partial charge in [-0.05, 0) is 6.92 Å². The summed E-state index contributed by atoms with van der Waals surface area (Å²) in [5, 5.41) is 11.4. The van der Waals surface area contributed by atoms with Crippen molar-refractivity contribution in [3.05, 3.63) is 0 Å². The summed E-state index contributed by atoms with van der Waals surface area (Å²) in [6.45, 7) is 6.72. The molecule has 2 N–H and O–H groups in total. The molecule has 0 fully saturated rings. The van der Waals surface area contributed by atoms with E-state index >= 15 is 0 Å². The Bertz CT molecular complexity index is 362. The van der Waals surface area contributed by atoms with E-state index in [4.69, 9.17) is 9.84 Å². The minimum absolute atomic E-state index is 0.164. The van der Waals surface area contributed by atoms with Crippen LogP contribution >= 0.6 is 0 Å². The molecule has 0 aliphatic carbocycles. The lowest BCUT2D eigenvalue weighted by atomic mass is 9.95. The maximum atomic E-state index is 12.1. The maximum absolute atomic E-state index is 12.1. The van der Waals surface area contributed by atoms with Crippen LogP contribution in [0.5, 0.6) is 0 Å². The van der Waals surface area contributed by atoms with E-state index in [0.29, 0.717) is 0 Å². The fraction of sp³-hybridized carbons (Fsp3) is 0.769. The summed E-state index contributed by atoms with van der Waals surface area (Å²) in [4.78, 5) is 35.9. The summed E-state index contributed by atoms with van der Waals surface area (Å²) < 4.78 is 4.84. The molecule has 0 aliphatic heterocycles. The fourth-order valence-electron chi connectivity index (χ4n) is 1.38. The Morgan fingerprint density at radius 3 is 2.25 bits per heavy atom. The average Bonchev–Trinajstić information content (AvgIpc) is 2.31. The van der Waals surface area contributed by atoms with Gasteiger partial charge in [-0.25, -0.2) is 0 Å². The van der Waals surface area contributed by atoms with Crippen molar-refractivity contribution in [1.29, 1.82) is 0 Å². The van der Waals surface area contributed by atoms with Gasteiger partial charge in [0.1, 0.15) is 12.6 Å². The number of amides is 2. The van der Waals surface area contributed by atoms with Gasteiger partial charge in [-0.3, -0.25) is 14.4 Å². The zero-order chi connectivity index (χ0) is 15.9.